The highest BCUT2D eigenvalue weighted by atomic mass is 32.1. The lowest BCUT2D eigenvalue weighted by molar-refractivity contribution is 0.000974. The summed E-state index contributed by atoms with van der Waals surface area (Å²) in [7, 11) is 0. The monoisotopic (exact) mass is 297 g/mol. The van der Waals surface area contributed by atoms with Crippen LogP contribution in [0.5, 0.6) is 0 Å². The largest absolute Gasteiger partial charge is 0.394 e. The Kier molecular flexibility index (Phi) is 4.23. The Labute approximate surface area is 124 Å². The minimum atomic E-state index is 0.195. The van der Waals surface area contributed by atoms with Gasteiger partial charge in [0.25, 0.3) is 0 Å². The van der Waals surface area contributed by atoms with Crippen molar-refractivity contribution in [3.8, 4) is 0 Å². The molecule has 2 fully saturated rings. The first-order chi connectivity index (χ1) is 9.76. The number of aliphatic hydroxyl groups excluding tert-OH is 1. The second-order valence-corrected chi connectivity index (χ2v) is 6.69. The summed E-state index contributed by atoms with van der Waals surface area (Å²) >= 11 is 1.47. The van der Waals surface area contributed by atoms with Crippen molar-refractivity contribution < 1.29 is 9.84 Å². The normalized spacial score (nSPS) is 26.1. The van der Waals surface area contributed by atoms with Crippen LogP contribution >= 0.6 is 11.5 Å². The molecule has 0 bridgehead atoms. The second kappa shape index (κ2) is 5.95. The zero-order valence-corrected chi connectivity index (χ0v) is 12.9. The molecular weight excluding hydrogens is 274 g/mol. The van der Waals surface area contributed by atoms with Crippen molar-refractivity contribution in [2.45, 2.75) is 45.1 Å². The first-order valence-electron chi connectivity index (χ1n) is 7.54. The molecule has 1 aromatic rings. The van der Waals surface area contributed by atoms with E-state index >= 15 is 0 Å². The third-order valence-corrected chi connectivity index (χ3v) is 5.53. The summed E-state index contributed by atoms with van der Waals surface area (Å²) in [5, 5.41) is 10.6. The van der Waals surface area contributed by atoms with Gasteiger partial charge in [0, 0.05) is 37.7 Å². The smallest absolute Gasteiger partial charge is 0.205 e. The summed E-state index contributed by atoms with van der Waals surface area (Å²) in [5.41, 5.74) is 0.349. The van der Waals surface area contributed by atoms with E-state index in [0.717, 1.165) is 56.4 Å². The molecule has 0 aliphatic carbocycles. The maximum Gasteiger partial charge on any atom is 0.205 e. The molecule has 3 heterocycles. The van der Waals surface area contributed by atoms with E-state index in [-0.39, 0.29) is 12.6 Å². The van der Waals surface area contributed by atoms with E-state index < -0.39 is 0 Å². The number of hydrogen-bond acceptors (Lipinski definition) is 6. The minimum Gasteiger partial charge on any atom is -0.394 e. The van der Waals surface area contributed by atoms with Crippen molar-refractivity contribution >= 4 is 16.7 Å². The molecule has 6 heteroatoms. The van der Waals surface area contributed by atoms with E-state index in [1.165, 1.54) is 18.0 Å². The number of hydrogen-bond donors (Lipinski definition) is 1. The fraction of sp³-hybridized carbons (Fsp3) is 0.857. The Morgan fingerprint density at radius 1 is 1.40 bits per heavy atom. The van der Waals surface area contributed by atoms with Crippen molar-refractivity contribution in [2.75, 3.05) is 31.3 Å². The van der Waals surface area contributed by atoms with Gasteiger partial charge < -0.3 is 14.7 Å². The van der Waals surface area contributed by atoms with Crippen LogP contribution in [0, 0.1) is 5.41 Å². The number of aryl methyl sites for hydroxylation is 1. The molecule has 1 aromatic heterocycles. The third kappa shape index (κ3) is 2.69. The molecule has 0 radical (unpaired) electrons. The van der Waals surface area contributed by atoms with E-state index in [0.29, 0.717) is 5.41 Å². The Morgan fingerprint density at radius 3 is 2.85 bits per heavy atom. The quantitative estimate of drug-likeness (QED) is 0.923. The number of anilines is 1. The number of aliphatic hydroxyl groups is 1. The van der Waals surface area contributed by atoms with Crippen molar-refractivity contribution in [2.24, 2.45) is 5.41 Å². The van der Waals surface area contributed by atoms with Crippen LogP contribution in [-0.4, -0.2) is 46.9 Å². The molecule has 0 amide bonds. The van der Waals surface area contributed by atoms with Crippen molar-refractivity contribution in [3.63, 3.8) is 0 Å². The van der Waals surface area contributed by atoms with Crippen molar-refractivity contribution in [1.82, 2.24) is 9.36 Å². The first-order valence-corrected chi connectivity index (χ1v) is 8.31. The molecule has 0 saturated carbocycles. The van der Waals surface area contributed by atoms with Gasteiger partial charge in [-0.3, -0.25) is 0 Å². The van der Waals surface area contributed by atoms with Crippen LogP contribution in [0.1, 0.15) is 38.4 Å². The number of ether oxygens (including phenoxy) is 1. The van der Waals surface area contributed by atoms with Gasteiger partial charge in [-0.2, -0.15) is 4.37 Å². The predicted molar refractivity (Wildman–Crippen MR) is 79.2 cm³/mol. The summed E-state index contributed by atoms with van der Waals surface area (Å²) < 4.78 is 9.91. The average molecular weight is 297 g/mol. The molecule has 5 nitrogen and oxygen atoms in total. The second-order valence-electron chi connectivity index (χ2n) is 5.96. The Hall–Kier alpha value is -0.720. The highest BCUT2D eigenvalue weighted by molar-refractivity contribution is 7.09. The highest BCUT2D eigenvalue weighted by Crippen LogP contribution is 2.42. The lowest BCUT2D eigenvalue weighted by Crippen LogP contribution is -2.52. The van der Waals surface area contributed by atoms with Gasteiger partial charge in [0.2, 0.25) is 5.13 Å². The summed E-state index contributed by atoms with van der Waals surface area (Å²) in [5.74, 6) is 0.910. The fourth-order valence-corrected chi connectivity index (χ4v) is 4.15. The van der Waals surface area contributed by atoms with Gasteiger partial charge in [-0.1, -0.05) is 6.92 Å². The van der Waals surface area contributed by atoms with Gasteiger partial charge in [0.05, 0.1) is 12.6 Å². The number of nitrogens with zero attached hydrogens (tertiary/aromatic N) is 3. The van der Waals surface area contributed by atoms with Gasteiger partial charge in [-0.05, 0) is 31.1 Å². The predicted octanol–water partition coefficient (Wildman–Crippen LogP) is 1.86. The summed E-state index contributed by atoms with van der Waals surface area (Å²) in [6.07, 6.45) is 5.35. The van der Waals surface area contributed by atoms with Gasteiger partial charge in [-0.15, -0.1) is 0 Å². The van der Waals surface area contributed by atoms with Crippen LogP contribution in [-0.2, 0) is 11.2 Å². The summed E-state index contributed by atoms with van der Waals surface area (Å²) in [4.78, 5) is 6.92. The molecule has 1 N–H and O–H groups in total. The molecule has 2 aliphatic rings. The van der Waals surface area contributed by atoms with Gasteiger partial charge in [0.1, 0.15) is 5.82 Å². The zero-order valence-electron chi connectivity index (χ0n) is 12.0. The standard InChI is InChI=1S/C14H23N3O2S/c1-2-12-15-13(20-16-12)17-10-14(4-3-11(17)9-18)5-7-19-8-6-14/h11,18H,2-10H2,1H3. The van der Waals surface area contributed by atoms with Crippen molar-refractivity contribution in [3.05, 3.63) is 5.82 Å². The molecule has 0 aromatic carbocycles. The lowest BCUT2D eigenvalue weighted by Gasteiger charge is -2.48. The Morgan fingerprint density at radius 2 is 2.20 bits per heavy atom. The van der Waals surface area contributed by atoms with Crippen LogP contribution in [0.3, 0.4) is 0 Å². The third-order valence-electron chi connectivity index (χ3n) is 4.74. The summed E-state index contributed by atoms with van der Waals surface area (Å²) in [6, 6.07) is 0.195. The molecule has 1 spiro atoms. The Bertz CT molecular complexity index is 445. The zero-order chi connectivity index (χ0) is 14.0. The maximum absolute atomic E-state index is 9.66. The molecule has 1 atom stereocenters. The molecule has 1 unspecified atom stereocenters. The highest BCUT2D eigenvalue weighted by Gasteiger charge is 2.41. The van der Waals surface area contributed by atoms with Gasteiger partial charge in [-0.25, -0.2) is 4.98 Å². The number of piperidine rings is 1. The number of aromatic nitrogens is 2. The molecule has 20 heavy (non-hydrogen) atoms. The first kappa shape index (κ1) is 14.2. The minimum absolute atomic E-state index is 0.195. The molecule has 3 rings (SSSR count). The van der Waals surface area contributed by atoms with E-state index in [1.54, 1.807) is 0 Å². The van der Waals surface area contributed by atoms with E-state index in [4.69, 9.17) is 4.74 Å². The molecule has 112 valence electrons. The molecule has 2 aliphatic heterocycles. The lowest BCUT2D eigenvalue weighted by atomic mass is 9.72. The van der Waals surface area contributed by atoms with E-state index in [1.807, 2.05) is 0 Å². The van der Waals surface area contributed by atoms with Gasteiger partial charge >= 0.3 is 0 Å². The van der Waals surface area contributed by atoms with Crippen molar-refractivity contribution in [1.29, 1.82) is 0 Å². The topological polar surface area (TPSA) is 58.5 Å². The van der Waals surface area contributed by atoms with Crippen LogP contribution < -0.4 is 4.90 Å². The van der Waals surface area contributed by atoms with E-state index in [9.17, 15) is 5.11 Å². The molecular formula is C14H23N3O2S. The summed E-state index contributed by atoms with van der Waals surface area (Å²) in [6.45, 7) is 5.00. The van der Waals surface area contributed by atoms with Crippen LogP contribution in [0.25, 0.3) is 0 Å². The van der Waals surface area contributed by atoms with Crippen LogP contribution in [0.2, 0.25) is 0 Å². The average Bonchev–Trinajstić information content (AvgIpc) is 2.97. The van der Waals surface area contributed by atoms with Gasteiger partial charge in [0.15, 0.2) is 0 Å². The SMILES string of the molecule is CCc1nsc(N2CC3(CCOCC3)CCC2CO)n1. The van der Waals surface area contributed by atoms with E-state index in [2.05, 4.69) is 21.2 Å². The van der Waals surface area contributed by atoms with Crippen LogP contribution in [0.15, 0.2) is 0 Å². The number of rotatable bonds is 3. The fourth-order valence-electron chi connectivity index (χ4n) is 3.33. The van der Waals surface area contributed by atoms with Crippen LogP contribution in [0.4, 0.5) is 5.13 Å². The Balaban J connectivity index is 1.80. The molecule has 2 saturated heterocycles. The maximum atomic E-state index is 9.66.